The molecule has 31 heavy (non-hydrogen) atoms. The number of nitrogens with zero attached hydrogens (tertiary/aromatic N) is 2. The molecular weight excluding hydrogens is 386 g/mol. The van der Waals surface area contributed by atoms with Gasteiger partial charge in [-0.3, -0.25) is 4.98 Å². The molecule has 5 nitrogen and oxygen atoms in total. The predicted molar refractivity (Wildman–Crippen MR) is 125 cm³/mol. The number of aryl methyl sites for hydroxylation is 1. The first-order chi connectivity index (χ1) is 15.2. The number of methoxy groups -OCH3 is 1. The summed E-state index contributed by atoms with van der Waals surface area (Å²) in [5, 5.41) is 15.6. The van der Waals surface area contributed by atoms with Crippen LogP contribution >= 0.6 is 0 Å². The number of piperidine rings is 1. The van der Waals surface area contributed by atoms with E-state index in [9.17, 15) is 5.11 Å². The number of pyridine rings is 1. The molecule has 1 aromatic heterocycles. The van der Waals surface area contributed by atoms with Gasteiger partial charge in [0.15, 0.2) is 0 Å². The number of ether oxygens (including phenoxy) is 1. The summed E-state index contributed by atoms with van der Waals surface area (Å²) < 4.78 is 5.32. The van der Waals surface area contributed by atoms with Gasteiger partial charge in [-0.05, 0) is 68.6 Å². The van der Waals surface area contributed by atoms with Gasteiger partial charge >= 0.3 is 0 Å². The summed E-state index contributed by atoms with van der Waals surface area (Å²) in [4.78, 5) is 6.82. The molecule has 0 spiro atoms. The van der Waals surface area contributed by atoms with Crippen LogP contribution in [0, 0.1) is 0 Å². The molecule has 3 aromatic rings. The Morgan fingerprint density at radius 3 is 2.71 bits per heavy atom. The van der Waals surface area contributed by atoms with E-state index in [1.54, 1.807) is 13.3 Å². The largest absolute Gasteiger partial charge is 0.495 e. The maximum Gasteiger partial charge on any atom is 0.137 e. The number of likely N-dealkylation sites (tertiary alicyclic amines) is 1. The SMILES string of the molecule is COc1cnc2cccc(C(O)CN3CCC(NCCCc4ccccc4)CC3)c2c1. The zero-order chi connectivity index (χ0) is 21.5. The monoisotopic (exact) mass is 419 g/mol. The van der Waals surface area contributed by atoms with Crippen molar-refractivity contribution < 1.29 is 9.84 Å². The summed E-state index contributed by atoms with van der Waals surface area (Å²) in [5.41, 5.74) is 3.22. The maximum atomic E-state index is 11.0. The van der Waals surface area contributed by atoms with Crippen molar-refractivity contribution in [2.75, 3.05) is 33.3 Å². The van der Waals surface area contributed by atoms with E-state index >= 15 is 0 Å². The van der Waals surface area contributed by atoms with Crippen LogP contribution in [0.25, 0.3) is 10.9 Å². The van der Waals surface area contributed by atoms with E-state index in [2.05, 4.69) is 45.5 Å². The summed E-state index contributed by atoms with van der Waals surface area (Å²) >= 11 is 0. The van der Waals surface area contributed by atoms with Gasteiger partial charge in [0.2, 0.25) is 0 Å². The van der Waals surface area contributed by atoms with Crippen LogP contribution in [0.5, 0.6) is 5.75 Å². The number of rotatable bonds is 9. The smallest absolute Gasteiger partial charge is 0.137 e. The van der Waals surface area contributed by atoms with Gasteiger partial charge in [0.05, 0.1) is 24.9 Å². The number of β-amino-alcohol motifs (C(OH)–C–C–N with tert-alkyl or cyclic N) is 1. The van der Waals surface area contributed by atoms with Gasteiger partial charge in [0, 0.05) is 18.0 Å². The molecule has 1 atom stereocenters. The number of aliphatic hydroxyl groups excluding tert-OH is 1. The van der Waals surface area contributed by atoms with Crippen molar-refractivity contribution in [3.63, 3.8) is 0 Å². The highest BCUT2D eigenvalue weighted by molar-refractivity contribution is 5.83. The minimum atomic E-state index is -0.534. The highest BCUT2D eigenvalue weighted by Crippen LogP contribution is 2.27. The van der Waals surface area contributed by atoms with Crippen molar-refractivity contribution in [1.82, 2.24) is 15.2 Å². The second kappa shape index (κ2) is 10.7. The van der Waals surface area contributed by atoms with Gasteiger partial charge in [-0.1, -0.05) is 42.5 Å². The van der Waals surface area contributed by atoms with Crippen molar-refractivity contribution in [2.45, 2.75) is 37.8 Å². The zero-order valence-corrected chi connectivity index (χ0v) is 18.3. The Bertz CT molecular complexity index is 955. The molecule has 0 saturated carbocycles. The summed E-state index contributed by atoms with van der Waals surface area (Å²) in [6.07, 6.45) is 5.74. The van der Waals surface area contributed by atoms with Crippen LogP contribution in [0.1, 0.15) is 36.5 Å². The third-order valence-corrected chi connectivity index (χ3v) is 6.27. The second-order valence-corrected chi connectivity index (χ2v) is 8.42. The Balaban J connectivity index is 1.24. The van der Waals surface area contributed by atoms with E-state index in [0.717, 1.165) is 55.4 Å². The zero-order valence-electron chi connectivity index (χ0n) is 18.3. The highest BCUT2D eigenvalue weighted by Gasteiger charge is 2.22. The number of fused-ring (bicyclic) bond motifs is 1. The molecule has 4 rings (SSSR count). The molecule has 1 fully saturated rings. The van der Waals surface area contributed by atoms with Crippen LogP contribution in [0.4, 0.5) is 0 Å². The van der Waals surface area contributed by atoms with Crippen LogP contribution in [-0.2, 0) is 6.42 Å². The Morgan fingerprint density at radius 1 is 1.13 bits per heavy atom. The van der Waals surface area contributed by atoms with E-state index in [1.807, 2.05) is 24.3 Å². The second-order valence-electron chi connectivity index (χ2n) is 8.42. The number of hydrogen-bond acceptors (Lipinski definition) is 5. The lowest BCUT2D eigenvalue weighted by Crippen LogP contribution is -2.44. The highest BCUT2D eigenvalue weighted by atomic mass is 16.5. The van der Waals surface area contributed by atoms with E-state index in [4.69, 9.17) is 4.74 Å². The fourth-order valence-corrected chi connectivity index (χ4v) is 4.46. The van der Waals surface area contributed by atoms with E-state index in [1.165, 1.54) is 12.0 Å². The molecular formula is C26H33N3O2. The topological polar surface area (TPSA) is 57.6 Å². The standard InChI is InChI=1S/C26H33N3O2/c1-31-22-17-24-23(10-5-11-25(24)28-18-22)26(30)19-29-15-12-21(13-16-29)27-14-6-9-20-7-3-2-4-8-20/h2-5,7-8,10-11,17-18,21,26-27,30H,6,9,12-16,19H2,1H3. The van der Waals surface area contributed by atoms with Gasteiger partial charge in [-0.25, -0.2) is 0 Å². The lowest BCUT2D eigenvalue weighted by atomic mass is 10.0. The Kier molecular flexibility index (Phi) is 7.52. The Hall–Kier alpha value is -2.47. The Morgan fingerprint density at radius 2 is 1.94 bits per heavy atom. The van der Waals surface area contributed by atoms with Gasteiger partial charge in [0.1, 0.15) is 5.75 Å². The molecule has 1 aliphatic rings. The molecule has 164 valence electrons. The normalized spacial score (nSPS) is 16.5. The quantitative estimate of drug-likeness (QED) is 0.514. The minimum Gasteiger partial charge on any atom is -0.495 e. The van der Waals surface area contributed by atoms with Gasteiger partial charge < -0.3 is 20.1 Å². The van der Waals surface area contributed by atoms with Crippen molar-refractivity contribution in [3.8, 4) is 5.75 Å². The fourth-order valence-electron chi connectivity index (χ4n) is 4.46. The molecule has 0 aliphatic carbocycles. The van der Waals surface area contributed by atoms with Crippen molar-refractivity contribution >= 4 is 10.9 Å². The first-order valence-corrected chi connectivity index (χ1v) is 11.3. The molecule has 1 saturated heterocycles. The third kappa shape index (κ3) is 5.82. The number of hydrogen-bond donors (Lipinski definition) is 2. The first-order valence-electron chi connectivity index (χ1n) is 11.3. The Labute approximate surface area is 185 Å². The molecule has 0 bridgehead atoms. The lowest BCUT2D eigenvalue weighted by molar-refractivity contribution is 0.0951. The predicted octanol–water partition coefficient (Wildman–Crippen LogP) is 3.96. The van der Waals surface area contributed by atoms with Crippen LogP contribution in [0.3, 0.4) is 0 Å². The molecule has 2 N–H and O–H groups in total. The van der Waals surface area contributed by atoms with E-state index < -0.39 is 6.10 Å². The number of benzene rings is 2. The van der Waals surface area contributed by atoms with Gasteiger partial charge in [-0.2, -0.15) is 0 Å². The maximum absolute atomic E-state index is 11.0. The van der Waals surface area contributed by atoms with Gasteiger partial charge in [0.25, 0.3) is 0 Å². The molecule has 1 unspecified atom stereocenters. The number of aromatic nitrogens is 1. The summed E-state index contributed by atoms with van der Waals surface area (Å²) in [5.74, 6) is 0.714. The van der Waals surface area contributed by atoms with Crippen LogP contribution in [-0.4, -0.2) is 54.3 Å². The van der Waals surface area contributed by atoms with Crippen molar-refractivity contribution in [1.29, 1.82) is 0 Å². The summed E-state index contributed by atoms with van der Waals surface area (Å²) in [7, 11) is 1.64. The fraction of sp³-hybridized carbons (Fsp3) is 0.423. The average molecular weight is 420 g/mol. The number of aliphatic hydroxyl groups is 1. The van der Waals surface area contributed by atoms with E-state index in [-0.39, 0.29) is 0 Å². The van der Waals surface area contributed by atoms with Crippen LogP contribution in [0.2, 0.25) is 0 Å². The summed E-state index contributed by atoms with van der Waals surface area (Å²) in [6, 6.07) is 19.2. The van der Waals surface area contributed by atoms with E-state index in [0.29, 0.717) is 18.3 Å². The molecule has 0 amide bonds. The number of nitrogens with one attached hydrogen (secondary N) is 1. The average Bonchev–Trinajstić information content (AvgIpc) is 2.82. The van der Waals surface area contributed by atoms with Crippen molar-refractivity contribution in [2.24, 2.45) is 0 Å². The van der Waals surface area contributed by atoms with Crippen LogP contribution in [0.15, 0.2) is 60.8 Å². The molecule has 0 radical (unpaired) electrons. The molecule has 5 heteroatoms. The summed E-state index contributed by atoms with van der Waals surface area (Å²) in [6.45, 7) is 3.74. The van der Waals surface area contributed by atoms with Gasteiger partial charge in [-0.15, -0.1) is 0 Å². The lowest BCUT2D eigenvalue weighted by Gasteiger charge is -2.33. The molecule has 1 aliphatic heterocycles. The van der Waals surface area contributed by atoms with Crippen LogP contribution < -0.4 is 10.1 Å². The minimum absolute atomic E-state index is 0.534. The van der Waals surface area contributed by atoms with Crippen molar-refractivity contribution in [3.05, 3.63) is 71.9 Å². The third-order valence-electron chi connectivity index (χ3n) is 6.27. The molecule has 2 aromatic carbocycles. The molecule has 2 heterocycles. The first kappa shape index (κ1) is 21.8.